The normalized spacial score (nSPS) is 15.1. The first-order chi connectivity index (χ1) is 18.7. The monoisotopic (exact) mass is 523 g/mol. The molecule has 4 amide bonds. The van der Waals surface area contributed by atoms with Crippen molar-refractivity contribution >= 4 is 29.5 Å². The summed E-state index contributed by atoms with van der Waals surface area (Å²) in [6.07, 6.45) is -0.687. The number of nitrogens with one attached hydrogen (secondary N) is 2. The Hall–Kier alpha value is -4.92. The summed E-state index contributed by atoms with van der Waals surface area (Å²) in [5.74, 6) is -0.0477. The zero-order chi connectivity index (χ0) is 27.6. The van der Waals surface area contributed by atoms with Crippen LogP contribution in [-0.4, -0.2) is 39.3 Å². The summed E-state index contributed by atoms with van der Waals surface area (Å²) >= 11 is 0. The van der Waals surface area contributed by atoms with E-state index in [1.807, 2.05) is 75.4 Å². The number of benzene rings is 3. The van der Waals surface area contributed by atoms with Crippen molar-refractivity contribution in [2.24, 2.45) is 0 Å². The van der Waals surface area contributed by atoms with Gasteiger partial charge in [0.1, 0.15) is 18.5 Å². The molecule has 1 unspecified atom stereocenters. The molecule has 4 aromatic rings. The van der Waals surface area contributed by atoms with Gasteiger partial charge in [0.15, 0.2) is 0 Å². The summed E-state index contributed by atoms with van der Waals surface area (Å²) in [5.41, 5.74) is 2.75. The fourth-order valence-corrected chi connectivity index (χ4v) is 4.31. The van der Waals surface area contributed by atoms with Gasteiger partial charge in [-0.15, -0.1) is 0 Å². The van der Waals surface area contributed by atoms with Gasteiger partial charge >= 0.3 is 12.1 Å². The van der Waals surface area contributed by atoms with Crippen LogP contribution in [0.15, 0.2) is 91.0 Å². The van der Waals surface area contributed by atoms with E-state index >= 15 is 0 Å². The Morgan fingerprint density at radius 1 is 0.897 bits per heavy atom. The van der Waals surface area contributed by atoms with E-state index < -0.39 is 24.1 Å². The molecule has 198 valence electrons. The molecule has 9 nitrogen and oxygen atoms in total. The number of amides is 4. The molecular formula is C30H29N5O4. The first-order valence-electron chi connectivity index (χ1n) is 12.6. The number of imide groups is 1. The van der Waals surface area contributed by atoms with Crippen LogP contribution in [0.2, 0.25) is 0 Å². The molecule has 1 aliphatic rings. The molecule has 2 heterocycles. The average Bonchev–Trinajstić information content (AvgIpc) is 3.53. The summed E-state index contributed by atoms with van der Waals surface area (Å²) in [5, 5.41) is 10.4. The van der Waals surface area contributed by atoms with Gasteiger partial charge in [-0.1, -0.05) is 75.4 Å². The molecule has 1 aliphatic heterocycles. The number of anilines is 2. The van der Waals surface area contributed by atoms with Crippen LogP contribution in [-0.2, 0) is 10.2 Å². The predicted molar refractivity (Wildman–Crippen MR) is 148 cm³/mol. The maximum absolute atomic E-state index is 13.6. The Morgan fingerprint density at radius 2 is 1.59 bits per heavy atom. The summed E-state index contributed by atoms with van der Waals surface area (Å²) in [4.78, 5) is 40.1. The highest BCUT2D eigenvalue weighted by Gasteiger charge is 2.39. The van der Waals surface area contributed by atoms with Gasteiger partial charge in [-0.25, -0.2) is 19.2 Å². The lowest BCUT2D eigenvalue weighted by molar-refractivity contribution is 0.0774. The zero-order valence-electron chi connectivity index (χ0n) is 21.9. The number of cyclic esters (lactones) is 1. The smallest absolute Gasteiger partial charge is 0.417 e. The van der Waals surface area contributed by atoms with Gasteiger partial charge in [0.05, 0.1) is 11.4 Å². The Kier molecular flexibility index (Phi) is 6.89. The van der Waals surface area contributed by atoms with Crippen LogP contribution >= 0.6 is 0 Å². The molecule has 1 saturated heterocycles. The highest BCUT2D eigenvalue weighted by molar-refractivity contribution is 6.04. The number of urea groups is 1. The lowest BCUT2D eigenvalue weighted by atomic mass is 9.92. The predicted octanol–water partition coefficient (Wildman–Crippen LogP) is 6.15. The summed E-state index contributed by atoms with van der Waals surface area (Å²) in [6, 6.07) is 26.1. The van der Waals surface area contributed by atoms with E-state index in [9.17, 15) is 14.4 Å². The van der Waals surface area contributed by atoms with Crippen molar-refractivity contribution in [2.75, 3.05) is 17.2 Å². The van der Waals surface area contributed by atoms with Crippen LogP contribution in [0.1, 0.15) is 48.4 Å². The second kappa shape index (κ2) is 10.4. The Balaban J connectivity index is 1.46. The standard InChI is InChI=1S/C30H29N5O4/c1-30(2,3)25-18-26(32-28(37)31-22-14-8-5-9-15-22)35(33-25)23-16-10-13-21(17-23)27(36)34-24(19-39-29(34)38)20-11-6-4-7-12-20/h4-18,24H,19H2,1-3H3,(H2,31,32,37). The molecular weight excluding hydrogens is 494 g/mol. The largest absolute Gasteiger partial charge is 0.446 e. The lowest BCUT2D eigenvalue weighted by Crippen LogP contribution is -2.34. The zero-order valence-corrected chi connectivity index (χ0v) is 21.9. The Labute approximate surface area is 226 Å². The van der Waals surface area contributed by atoms with E-state index in [4.69, 9.17) is 9.84 Å². The third-order valence-electron chi connectivity index (χ3n) is 6.36. The number of nitrogens with zero attached hydrogens (tertiary/aromatic N) is 3. The lowest BCUT2D eigenvalue weighted by Gasteiger charge is -2.20. The van der Waals surface area contributed by atoms with Crippen molar-refractivity contribution in [3.05, 3.63) is 108 Å². The summed E-state index contributed by atoms with van der Waals surface area (Å²) in [6.45, 7) is 6.16. The molecule has 2 N–H and O–H groups in total. The number of rotatable bonds is 5. The highest BCUT2D eigenvalue weighted by atomic mass is 16.6. The molecule has 0 aliphatic carbocycles. The number of carbonyl (C=O) groups excluding carboxylic acids is 3. The molecule has 1 fully saturated rings. The van der Waals surface area contributed by atoms with Gasteiger partial charge in [0.25, 0.3) is 5.91 Å². The van der Waals surface area contributed by atoms with Crippen molar-refractivity contribution < 1.29 is 19.1 Å². The summed E-state index contributed by atoms with van der Waals surface area (Å²) in [7, 11) is 0. The van der Waals surface area contributed by atoms with Crippen LogP contribution in [0.25, 0.3) is 5.69 Å². The van der Waals surface area contributed by atoms with Crippen LogP contribution < -0.4 is 10.6 Å². The Morgan fingerprint density at radius 3 is 2.28 bits per heavy atom. The molecule has 0 saturated carbocycles. The van der Waals surface area contributed by atoms with Gasteiger partial charge in [-0.05, 0) is 35.9 Å². The van der Waals surface area contributed by atoms with E-state index in [-0.39, 0.29) is 12.0 Å². The maximum Gasteiger partial charge on any atom is 0.417 e. The molecule has 39 heavy (non-hydrogen) atoms. The SMILES string of the molecule is CC(C)(C)c1cc(NC(=O)Nc2ccccc2)n(-c2cccc(C(=O)N3C(=O)OCC3c3ccccc3)c2)n1. The number of hydrogen-bond donors (Lipinski definition) is 2. The fourth-order valence-electron chi connectivity index (χ4n) is 4.31. The van der Waals surface area contributed by atoms with Gasteiger partial charge in [-0.3, -0.25) is 10.1 Å². The van der Waals surface area contributed by atoms with E-state index in [1.165, 1.54) is 0 Å². The molecule has 3 aromatic carbocycles. The van der Waals surface area contributed by atoms with Gasteiger partial charge in [0.2, 0.25) is 0 Å². The second-order valence-electron chi connectivity index (χ2n) is 10.3. The molecule has 9 heteroatoms. The first kappa shape index (κ1) is 25.7. The third-order valence-corrected chi connectivity index (χ3v) is 6.36. The van der Waals surface area contributed by atoms with Gasteiger partial charge in [0, 0.05) is 22.7 Å². The van der Waals surface area contributed by atoms with E-state index in [0.717, 1.165) is 16.2 Å². The molecule has 0 spiro atoms. The maximum atomic E-state index is 13.6. The van der Waals surface area contributed by atoms with Crippen molar-refractivity contribution in [2.45, 2.75) is 32.2 Å². The second-order valence-corrected chi connectivity index (χ2v) is 10.3. The third kappa shape index (κ3) is 5.52. The summed E-state index contributed by atoms with van der Waals surface area (Å²) < 4.78 is 6.82. The average molecular weight is 524 g/mol. The van der Waals surface area contributed by atoms with E-state index in [1.54, 1.807) is 41.1 Å². The molecule has 0 radical (unpaired) electrons. The van der Waals surface area contributed by atoms with Crippen LogP contribution in [0.4, 0.5) is 21.1 Å². The Bertz CT molecular complexity index is 1510. The minimum absolute atomic E-state index is 0.0902. The van der Waals surface area contributed by atoms with Crippen molar-refractivity contribution in [1.29, 1.82) is 0 Å². The van der Waals surface area contributed by atoms with Crippen molar-refractivity contribution in [1.82, 2.24) is 14.7 Å². The molecule has 5 rings (SSSR count). The van der Waals surface area contributed by atoms with Crippen molar-refractivity contribution in [3.8, 4) is 5.69 Å². The number of aromatic nitrogens is 2. The van der Waals surface area contributed by atoms with Gasteiger partial charge in [-0.2, -0.15) is 5.10 Å². The molecule has 1 aromatic heterocycles. The molecule has 1 atom stereocenters. The fraction of sp³-hybridized carbons (Fsp3) is 0.200. The minimum atomic E-state index is -0.687. The van der Waals surface area contributed by atoms with E-state index in [2.05, 4.69) is 10.6 Å². The minimum Gasteiger partial charge on any atom is -0.446 e. The quantitative estimate of drug-likeness (QED) is 0.327. The van der Waals surface area contributed by atoms with Crippen molar-refractivity contribution in [3.63, 3.8) is 0 Å². The van der Waals surface area contributed by atoms with Crippen LogP contribution in [0.5, 0.6) is 0 Å². The molecule has 0 bridgehead atoms. The number of carbonyl (C=O) groups is 3. The van der Waals surface area contributed by atoms with E-state index in [0.29, 0.717) is 22.8 Å². The number of hydrogen-bond acceptors (Lipinski definition) is 5. The van der Waals surface area contributed by atoms with Crippen LogP contribution in [0, 0.1) is 0 Å². The van der Waals surface area contributed by atoms with Crippen LogP contribution in [0.3, 0.4) is 0 Å². The number of para-hydroxylation sites is 1. The highest BCUT2D eigenvalue weighted by Crippen LogP contribution is 2.31. The topological polar surface area (TPSA) is 106 Å². The van der Waals surface area contributed by atoms with Gasteiger partial charge < -0.3 is 10.1 Å². The number of ether oxygens (including phenoxy) is 1. The first-order valence-corrected chi connectivity index (χ1v) is 12.6.